The minimum Gasteiger partial charge on any atom is -0.440 e. The van der Waals surface area contributed by atoms with Crippen molar-refractivity contribution in [3.8, 4) is 11.6 Å². The third-order valence-electron chi connectivity index (χ3n) is 7.33. The SMILES string of the molecule is Cc1ncoc1-c1nnc(CCCCN2CC[C@]3(CC3c3ccc(C(F)(F)F)cc3)C2)n1C.Cl. The minimum absolute atomic E-state index is 0. The van der Waals surface area contributed by atoms with E-state index in [4.69, 9.17) is 4.42 Å². The Morgan fingerprint density at radius 3 is 2.59 bits per heavy atom. The third kappa shape index (κ3) is 4.73. The molecule has 0 radical (unpaired) electrons. The summed E-state index contributed by atoms with van der Waals surface area (Å²) in [5.74, 6) is 2.68. The van der Waals surface area contributed by atoms with Gasteiger partial charge in [0.2, 0.25) is 5.82 Å². The number of unbranched alkanes of at least 4 members (excludes halogenated alkanes) is 1. The number of hydrogen-bond acceptors (Lipinski definition) is 5. The monoisotopic (exact) mass is 495 g/mol. The van der Waals surface area contributed by atoms with Gasteiger partial charge in [0.15, 0.2) is 12.2 Å². The first-order valence-corrected chi connectivity index (χ1v) is 11.5. The molecule has 3 aromatic rings. The lowest BCUT2D eigenvalue weighted by atomic mass is 9.97. The van der Waals surface area contributed by atoms with E-state index in [1.54, 1.807) is 12.1 Å². The maximum Gasteiger partial charge on any atom is 0.416 e. The van der Waals surface area contributed by atoms with Crippen LogP contribution >= 0.6 is 12.4 Å². The van der Waals surface area contributed by atoms with Crippen molar-refractivity contribution in [1.29, 1.82) is 0 Å². The van der Waals surface area contributed by atoms with Gasteiger partial charge in [0.25, 0.3) is 0 Å². The molecule has 1 saturated carbocycles. The Balaban J connectivity index is 0.00000274. The number of nitrogens with zero attached hydrogens (tertiary/aromatic N) is 5. The fourth-order valence-corrected chi connectivity index (χ4v) is 5.26. The normalized spacial score (nSPS) is 22.3. The molecule has 2 aromatic heterocycles. The van der Waals surface area contributed by atoms with E-state index in [0.29, 0.717) is 17.5 Å². The zero-order valence-corrected chi connectivity index (χ0v) is 20.1. The second kappa shape index (κ2) is 9.34. The summed E-state index contributed by atoms with van der Waals surface area (Å²) in [6.45, 7) is 5.03. The largest absolute Gasteiger partial charge is 0.440 e. The first-order chi connectivity index (χ1) is 15.8. The third-order valence-corrected chi connectivity index (χ3v) is 7.33. The van der Waals surface area contributed by atoms with Gasteiger partial charge in [-0.05, 0) is 74.7 Å². The number of halogens is 4. The van der Waals surface area contributed by atoms with Gasteiger partial charge < -0.3 is 13.9 Å². The number of rotatable bonds is 7. The summed E-state index contributed by atoms with van der Waals surface area (Å²) >= 11 is 0. The highest BCUT2D eigenvalue weighted by Crippen LogP contribution is 2.64. The number of alkyl halides is 3. The highest BCUT2D eigenvalue weighted by Gasteiger charge is 2.57. The Bertz CT molecular complexity index is 1130. The smallest absolute Gasteiger partial charge is 0.416 e. The van der Waals surface area contributed by atoms with Crippen molar-refractivity contribution in [1.82, 2.24) is 24.6 Å². The number of aromatic nitrogens is 4. The molecule has 0 N–H and O–H groups in total. The Kier molecular flexibility index (Phi) is 6.79. The van der Waals surface area contributed by atoms with Crippen LogP contribution in [0.25, 0.3) is 11.6 Å². The fraction of sp³-hybridized carbons (Fsp3) is 0.542. The Morgan fingerprint density at radius 2 is 1.91 bits per heavy atom. The second-order valence-electron chi connectivity index (χ2n) is 9.49. The molecular weight excluding hydrogens is 467 g/mol. The van der Waals surface area contributed by atoms with Crippen molar-refractivity contribution >= 4 is 12.4 Å². The van der Waals surface area contributed by atoms with Crippen LogP contribution in [0.3, 0.4) is 0 Å². The van der Waals surface area contributed by atoms with Gasteiger partial charge in [-0.2, -0.15) is 13.2 Å². The summed E-state index contributed by atoms with van der Waals surface area (Å²) < 4.78 is 45.9. The lowest BCUT2D eigenvalue weighted by Crippen LogP contribution is -2.22. The molecule has 184 valence electrons. The second-order valence-corrected chi connectivity index (χ2v) is 9.49. The molecule has 0 bridgehead atoms. The fourth-order valence-electron chi connectivity index (χ4n) is 5.26. The molecule has 3 heterocycles. The van der Waals surface area contributed by atoms with Gasteiger partial charge in [0, 0.05) is 20.0 Å². The molecule has 2 aliphatic rings. The van der Waals surface area contributed by atoms with Crippen LogP contribution in [0.1, 0.15) is 54.2 Å². The number of likely N-dealkylation sites (tertiary alicyclic amines) is 1. The number of oxazole rings is 1. The molecule has 2 fully saturated rings. The van der Waals surface area contributed by atoms with Crippen LogP contribution in [-0.4, -0.2) is 44.3 Å². The number of benzene rings is 1. The maximum absolute atomic E-state index is 12.8. The van der Waals surface area contributed by atoms with Crippen LogP contribution < -0.4 is 0 Å². The molecule has 1 spiro atoms. The zero-order chi connectivity index (χ0) is 23.2. The molecule has 1 unspecified atom stereocenters. The molecule has 5 rings (SSSR count). The van der Waals surface area contributed by atoms with Gasteiger partial charge >= 0.3 is 6.18 Å². The van der Waals surface area contributed by atoms with Crippen LogP contribution in [0, 0.1) is 12.3 Å². The van der Waals surface area contributed by atoms with Crippen molar-refractivity contribution in [2.75, 3.05) is 19.6 Å². The van der Waals surface area contributed by atoms with E-state index >= 15 is 0 Å². The van der Waals surface area contributed by atoms with Crippen molar-refractivity contribution in [3.63, 3.8) is 0 Å². The van der Waals surface area contributed by atoms with E-state index in [1.165, 1.54) is 18.5 Å². The lowest BCUT2D eigenvalue weighted by molar-refractivity contribution is -0.137. The highest BCUT2D eigenvalue weighted by molar-refractivity contribution is 5.85. The van der Waals surface area contributed by atoms with Crippen molar-refractivity contribution in [2.24, 2.45) is 12.5 Å². The summed E-state index contributed by atoms with van der Waals surface area (Å²) in [6.07, 6.45) is 2.30. The van der Waals surface area contributed by atoms with Gasteiger partial charge in [0.1, 0.15) is 5.82 Å². The molecule has 2 atom stereocenters. The van der Waals surface area contributed by atoms with Gasteiger partial charge in [-0.3, -0.25) is 0 Å². The van der Waals surface area contributed by atoms with Gasteiger partial charge in [-0.25, -0.2) is 4.98 Å². The van der Waals surface area contributed by atoms with Crippen molar-refractivity contribution < 1.29 is 17.6 Å². The molecule has 1 aromatic carbocycles. The van der Waals surface area contributed by atoms with E-state index in [0.717, 1.165) is 68.8 Å². The zero-order valence-electron chi connectivity index (χ0n) is 19.3. The van der Waals surface area contributed by atoms with E-state index in [1.807, 2.05) is 18.5 Å². The molecule has 10 heteroatoms. The summed E-state index contributed by atoms with van der Waals surface area (Å²) in [6, 6.07) is 5.77. The summed E-state index contributed by atoms with van der Waals surface area (Å²) in [4.78, 5) is 6.62. The van der Waals surface area contributed by atoms with E-state index in [9.17, 15) is 13.2 Å². The predicted octanol–water partition coefficient (Wildman–Crippen LogP) is 5.42. The molecule has 0 amide bonds. The van der Waals surface area contributed by atoms with Crippen LogP contribution in [0.2, 0.25) is 0 Å². The summed E-state index contributed by atoms with van der Waals surface area (Å²) in [7, 11) is 1.95. The predicted molar refractivity (Wildman–Crippen MR) is 124 cm³/mol. The summed E-state index contributed by atoms with van der Waals surface area (Å²) in [5, 5.41) is 8.59. The maximum atomic E-state index is 12.8. The molecule has 6 nitrogen and oxygen atoms in total. The Morgan fingerprint density at radius 1 is 1.15 bits per heavy atom. The minimum atomic E-state index is -4.27. The summed E-state index contributed by atoms with van der Waals surface area (Å²) in [5.41, 5.74) is 1.53. The van der Waals surface area contributed by atoms with Crippen molar-refractivity contribution in [3.05, 3.63) is 53.3 Å². The van der Waals surface area contributed by atoms with Crippen LogP contribution in [0.15, 0.2) is 35.1 Å². The van der Waals surface area contributed by atoms with E-state index in [-0.39, 0.29) is 17.8 Å². The quantitative estimate of drug-likeness (QED) is 0.409. The molecular formula is C24H29ClF3N5O. The lowest BCUT2D eigenvalue weighted by Gasteiger charge is -2.16. The molecule has 34 heavy (non-hydrogen) atoms. The first-order valence-electron chi connectivity index (χ1n) is 11.5. The van der Waals surface area contributed by atoms with Crippen LogP contribution in [0.4, 0.5) is 13.2 Å². The van der Waals surface area contributed by atoms with Gasteiger partial charge in [-0.15, -0.1) is 22.6 Å². The topological polar surface area (TPSA) is 60.0 Å². The van der Waals surface area contributed by atoms with Crippen LogP contribution in [0.5, 0.6) is 0 Å². The van der Waals surface area contributed by atoms with Crippen LogP contribution in [-0.2, 0) is 19.6 Å². The standard InChI is InChI=1S/C24H28F3N5O.ClH/c1-16-21(33-15-28-16)22-30-29-20(31(22)2)5-3-4-11-32-12-10-23(14-32)13-19(23)17-6-8-18(9-7-17)24(25,26)27;/h6-9,15,19H,3-5,10-14H2,1-2H3;1H/t19?,23-;/m0./s1. The number of aryl methyl sites for hydroxylation is 2. The van der Waals surface area contributed by atoms with E-state index in [2.05, 4.69) is 20.1 Å². The Hall–Kier alpha value is -2.39. The van der Waals surface area contributed by atoms with Gasteiger partial charge in [-0.1, -0.05) is 12.1 Å². The highest BCUT2D eigenvalue weighted by atomic mass is 35.5. The van der Waals surface area contributed by atoms with E-state index < -0.39 is 11.7 Å². The van der Waals surface area contributed by atoms with Gasteiger partial charge in [0.05, 0.1) is 11.3 Å². The average Bonchev–Trinajstić information content (AvgIpc) is 3.05. The Labute approximate surface area is 203 Å². The molecule has 1 aliphatic heterocycles. The average molecular weight is 496 g/mol. The molecule has 1 aliphatic carbocycles. The first kappa shape index (κ1) is 24.7. The molecule has 1 saturated heterocycles. The number of hydrogen-bond donors (Lipinski definition) is 0. The van der Waals surface area contributed by atoms with Crippen molar-refractivity contribution in [2.45, 2.75) is 51.1 Å².